The van der Waals surface area contributed by atoms with E-state index in [9.17, 15) is 0 Å². The highest BCUT2D eigenvalue weighted by Gasteiger charge is 2.26. The molecule has 0 spiro atoms. The van der Waals surface area contributed by atoms with Gasteiger partial charge in [0.25, 0.3) is 0 Å². The first kappa shape index (κ1) is 9.50. The van der Waals surface area contributed by atoms with E-state index in [1.165, 1.54) is 18.4 Å². The number of hydrogen-bond acceptors (Lipinski definition) is 2. The van der Waals surface area contributed by atoms with Crippen molar-refractivity contribution in [2.45, 2.75) is 26.7 Å². The van der Waals surface area contributed by atoms with E-state index in [2.05, 4.69) is 30.2 Å². The highest BCUT2D eigenvalue weighted by molar-refractivity contribution is 5.42. The summed E-state index contributed by atoms with van der Waals surface area (Å²) < 4.78 is 0. The third kappa shape index (κ3) is 1.89. The zero-order valence-corrected chi connectivity index (χ0v) is 8.96. The van der Waals surface area contributed by atoms with Crippen molar-refractivity contribution >= 4 is 5.82 Å². The third-order valence-corrected chi connectivity index (χ3v) is 3.34. The minimum Gasteiger partial charge on any atom is -0.370 e. The van der Waals surface area contributed by atoms with Crippen LogP contribution in [-0.4, -0.2) is 11.5 Å². The maximum atomic E-state index is 4.32. The standard InChI is InChI=1S/C12H18N2/c1-9-5-6-11(9)8-14-12-10(2)4-3-7-13-12/h3-4,7,9,11H,5-6,8H2,1-2H3,(H,13,14)/t9-,11-/m0/s1. The maximum absolute atomic E-state index is 4.32. The van der Waals surface area contributed by atoms with Gasteiger partial charge in [-0.1, -0.05) is 19.4 Å². The van der Waals surface area contributed by atoms with Crippen molar-refractivity contribution < 1.29 is 0 Å². The summed E-state index contributed by atoms with van der Waals surface area (Å²) in [4.78, 5) is 4.32. The number of anilines is 1. The van der Waals surface area contributed by atoms with E-state index in [0.717, 1.165) is 24.2 Å². The van der Waals surface area contributed by atoms with Crippen LogP contribution in [0.15, 0.2) is 18.3 Å². The molecule has 1 saturated carbocycles. The Balaban J connectivity index is 1.88. The number of hydrogen-bond donors (Lipinski definition) is 1. The smallest absolute Gasteiger partial charge is 0.128 e. The number of aryl methyl sites for hydroxylation is 1. The molecule has 14 heavy (non-hydrogen) atoms. The molecule has 0 aromatic carbocycles. The van der Waals surface area contributed by atoms with E-state index < -0.39 is 0 Å². The molecule has 0 amide bonds. The zero-order chi connectivity index (χ0) is 9.97. The lowest BCUT2D eigenvalue weighted by atomic mass is 9.75. The molecule has 76 valence electrons. The van der Waals surface area contributed by atoms with E-state index in [1.54, 1.807) is 0 Å². The van der Waals surface area contributed by atoms with Gasteiger partial charge < -0.3 is 5.32 Å². The first-order valence-corrected chi connectivity index (χ1v) is 5.43. The van der Waals surface area contributed by atoms with Crippen LogP contribution in [0, 0.1) is 18.8 Å². The normalized spacial score (nSPS) is 25.6. The Morgan fingerprint density at radius 1 is 1.50 bits per heavy atom. The molecule has 0 bridgehead atoms. The van der Waals surface area contributed by atoms with E-state index in [-0.39, 0.29) is 0 Å². The highest BCUT2D eigenvalue weighted by atomic mass is 15.0. The van der Waals surface area contributed by atoms with Crippen LogP contribution in [0.4, 0.5) is 5.82 Å². The summed E-state index contributed by atoms with van der Waals surface area (Å²) in [6.45, 7) is 5.51. The van der Waals surface area contributed by atoms with Gasteiger partial charge in [-0.05, 0) is 36.8 Å². The number of nitrogens with zero attached hydrogens (tertiary/aromatic N) is 1. The first-order chi connectivity index (χ1) is 6.77. The molecule has 2 heteroatoms. The first-order valence-electron chi connectivity index (χ1n) is 5.43. The van der Waals surface area contributed by atoms with Gasteiger partial charge in [-0.2, -0.15) is 0 Å². The van der Waals surface area contributed by atoms with Gasteiger partial charge in [-0.25, -0.2) is 4.98 Å². The number of nitrogens with one attached hydrogen (secondary N) is 1. The van der Waals surface area contributed by atoms with E-state index >= 15 is 0 Å². The summed E-state index contributed by atoms with van der Waals surface area (Å²) in [6.07, 6.45) is 4.62. The fourth-order valence-electron chi connectivity index (χ4n) is 1.94. The van der Waals surface area contributed by atoms with Crippen molar-refractivity contribution in [3.63, 3.8) is 0 Å². The fraction of sp³-hybridized carbons (Fsp3) is 0.583. The van der Waals surface area contributed by atoms with Crippen molar-refractivity contribution in [1.29, 1.82) is 0 Å². The van der Waals surface area contributed by atoms with Crippen molar-refractivity contribution in [3.8, 4) is 0 Å². The molecule has 1 N–H and O–H groups in total. The summed E-state index contributed by atoms with van der Waals surface area (Å²) in [5, 5.41) is 3.43. The van der Waals surface area contributed by atoms with Crippen LogP contribution >= 0.6 is 0 Å². The lowest BCUT2D eigenvalue weighted by Gasteiger charge is -2.34. The monoisotopic (exact) mass is 190 g/mol. The van der Waals surface area contributed by atoms with Gasteiger partial charge in [-0.3, -0.25) is 0 Å². The summed E-state index contributed by atoms with van der Waals surface area (Å²) in [6, 6.07) is 4.08. The molecule has 1 aromatic rings. The van der Waals surface area contributed by atoms with E-state index in [0.29, 0.717) is 0 Å². The van der Waals surface area contributed by atoms with Gasteiger partial charge in [0.2, 0.25) is 0 Å². The molecular weight excluding hydrogens is 172 g/mol. The van der Waals surface area contributed by atoms with Crippen LogP contribution in [-0.2, 0) is 0 Å². The highest BCUT2D eigenvalue weighted by Crippen LogP contribution is 2.33. The lowest BCUT2D eigenvalue weighted by molar-refractivity contribution is 0.210. The second-order valence-electron chi connectivity index (χ2n) is 4.36. The van der Waals surface area contributed by atoms with Crippen molar-refractivity contribution in [1.82, 2.24) is 4.98 Å². The second-order valence-corrected chi connectivity index (χ2v) is 4.36. The molecule has 0 aliphatic heterocycles. The molecule has 1 fully saturated rings. The lowest BCUT2D eigenvalue weighted by Crippen LogP contribution is -2.30. The van der Waals surface area contributed by atoms with E-state index in [1.807, 2.05) is 12.3 Å². The molecule has 1 aromatic heterocycles. The largest absolute Gasteiger partial charge is 0.370 e. The van der Waals surface area contributed by atoms with E-state index in [4.69, 9.17) is 0 Å². The molecule has 0 saturated heterocycles. The van der Waals surface area contributed by atoms with Crippen LogP contribution < -0.4 is 5.32 Å². The fourth-order valence-corrected chi connectivity index (χ4v) is 1.94. The quantitative estimate of drug-likeness (QED) is 0.792. The zero-order valence-electron chi connectivity index (χ0n) is 8.96. The Labute approximate surface area is 85.7 Å². The second kappa shape index (κ2) is 3.99. The Kier molecular flexibility index (Phi) is 2.71. The van der Waals surface area contributed by atoms with Crippen LogP contribution in [0.3, 0.4) is 0 Å². The Morgan fingerprint density at radius 2 is 2.36 bits per heavy atom. The Hall–Kier alpha value is -1.05. The molecular formula is C12H18N2. The Bertz CT molecular complexity index is 309. The predicted octanol–water partition coefficient (Wildman–Crippen LogP) is 2.85. The number of rotatable bonds is 3. The van der Waals surface area contributed by atoms with Gasteiger partial charge >= 0.3 is 0 Å². The van der Waals surface area contributed by atoms with Crippen molar-refractivity contribution in [3.05, 3.63) is 23.9 Å². The molecule has 2 rings (SSSR count). The van der Waals surface area contributed by atoms with Gasteiger partial charge in [0, 0.05) is 12.7 Å². The Morgan fingerprint density at radius 3 is 2.93 bits per heavy atom. The third-order valence-electron chi connectivity index (χ3n) is 3.34. The number of pyridine rings is 1. The minimum atomic E-state index is 0.858. The molecule has 2 nitrogen and oxygen atoms in total. The number of aromatic nitrogens is 1. The molecule has 1 heterocycles. The minimum absolute atomic E-state index is 0.858. The average Bonchev–Trinajstić information content (AvgIpc) is 2.19. The van der Waals surface area contributed by atoms with Crippen LogP contribution in [0.1, 0.15) is 25.3 Å². The van der Waals surface area contributed by atoms with Gasteiger partial charge in [0.05, 0.1) is 0 Å². The van der Waals surface area contributed by atoms with Crippen LogP contribution in [0.2, 0.25) is 0 Å². The van der Waals surface area contributed by atoms with Crippen molar-refractivity contribution in [2.24, 2.45) is 11.8 Å². The molecule has 0 radical (unpaired) electrons. The molecule has 1 aliphatic rings. The molecule has 1 aliphatic carbocycles. The summed E-state index contributed by atoms with van der Waals surface area (Å²) >= 11 is 0. The van der Waals surface area contributed by atoms with Gasteiger partial charge in [-0.15, -0.1) is 0 Å². The maximum Gasteiger partial charge on any atom is 0.128 e. The molecule has 0 unspecified atom stereocenters. The SMILES string of the molecule is Cc1cccnc1NC[C@@H]1CC[C@@H]1C. The summed E-state index contributed by atoms with van der Waals surface area (Å²) in [7, 11) is 0. The van der Waals surface area contributed by atoms with Crippen molar-refractivity contribution in [2.75, 3.05) is 11.9 Å². The topological polar surface area (TPSA) is 24.9 Å². The summed E-state index contributed by atoms with van der Waals surface area (Å²) in [5.41, 5.74) is 1.24. The van der Waals surface area contributed by atoms with Crippen LogP contribution in [0.5, 0.6) is 0 Å². The molecule has 2 atom stereocenters. The van der Waals surface area contributed by atoms with Gasteiger partial charge in [0.1, 0.15) is 5.82 Å². The van der Waals surface area contributed by atoms with Gasteiger partial charge in [0.15, 0.2) is 0 Å². The summed E-state index contributed by atoms with van der Waals surface area (Å²) in [5.74, 6) is 2.80. The van der Waals surface area contributed by atoms with Crippen LogP contribution in [0.25, 0.3) is 0 Å². The average molecular weight is 190 g/mol. The predicted molar refractivity (Wildman–Crippen MR) is 59.4 cm³/mol.